The highest BCUT2D eigenvalue weighted by Crippen LogP contribution is 2.34. The maximum atomic E-state index is 11.9. The molecular formula is C14H15NO2. The summed E-state index contributed by atoms with van der Waals surface area (Å²) in [6.45, 7) is 8.08. The van der Waals surface area contributed by atoms with Crippen molar-refractivity contribution in [2.75, 3.05) is 11.4 Å². The first-order valence-corrected chi connectivity index (χ1v) is 5.65. The first kappa shape index (κ1) is 11.6. The molecule has 0 saturated heterocycles. The first-order chi connectivity index (χ1) is 8.07. The number of aryl methyl sites for hydroxylation is 1. The molecule has 0 unspecified atom stereocenters. The van der Waals surface area contributed by atoms with Crippen molar-refractivity contribution in [1.29, 1.82) is 0 Å². The van der Waals surface area contributed by atoms with Crippen molar-refractivity contribution in [1.82, 2.24) is 0 Å². The third kappa shape index (κ3) is 1.68. The van der Waals surface area contributed by atoms with E-state index in [2.05, 4.69) is 6.58 Å². The van der Waals surface area contributed by atoms with E-state index in [1.807, 2.05) is 19.9 Å². The minimum atomic E-state index is -0.421. The molecule has 0 N–H and O–H groups in total. The van der Waals surface area contributed by atoms with E-state index >= 15 is 0 Å². The van der Waals surface area contributed by atoms with Gasteiger partial charge in [0.25, 0.3) is 11.7 Å². The third-order valence-corrected chi connectivity index (χ3v) is 3.21. The van der Waals surface area contributed by atoms with Crippen molar-refractivity contribution < 1.29 is 9.59 Å². The molecule has 1 aromatic carbocycles. The Morgan fingerprint density at radius 2 is 2.00 bits per heavy atom. The summed E-state index contributed by atoms with van der Waals surface area (Å²) in [6.07, 6.45) is 2.44. The number of anilines is 1. The number of amides is 1. The number of carbonyl (C=O) groups is 2. The number of Topliss-reactive ketones (excluding diaryl/α,β-unsaturated/α-hetero) is 1. The van der Waals surface area contributed by atoms with Gasteiger partial charge in [-0.2, -0.15) is 0 Å². The summed E-state index contributed by atoms with van der Waals surface area (Å²) >= 11 is 0. The Labute approximate surface area is 101 Å². The first-order valence-electron chi connectivity index (χ1n) is 5.65. The molecule has 1 heterocycles. The number of fused-ring (bicyclic) bond motifs is 1. The standard InChI is InChI=1S/C14H15NO2/c1-4-5-8-15-12-10(3)9(2)6-7-11(12)13(16)14(15)17/h4,6-7H,1,5,8H2,2-3H3. The Morgan fingerprint density at radius 1 is 1.29 bits per heavy atom. The van der Waals surface area contributed by atoms with Gasteiger partial charge in [0.05, 0.1) is 11.3 Å². The second-order valence-electron chi connectivity index (χ2n) is 4.27. The smallest absolute Gasteiger partial charge is 0.299 e. The predicted octanol–water partition coefficient (Wildman–Crippen LogP) is 2.41. The van der Waals surface area contributed by atoms with Gasteiger partial charge in [0.1, 0.15) is 0 Å². The number of benzene rings is 1. The average Bonchev–Trinajstić information content (AvgIpc) is 2.56. The second-order valence-corrected chi connectivity index (χ2v) is 4.27. The largest absolute Gasteiger partial charge is 0.304 e. The van der Waals surface area contributed by atoms with Gasteiger partial charge in [-0.3, -0.25) is 9.59 Å². The molecular weight excluding hydrogens is 214 g/mol. The van der Waals surface area contributed by atoms with E-state index in [0.717, 1.165) is 16.8 Å². The van der Waals surface area contributed by atoms with Gasteiger partial charge in [-0.15, -0.1) is 6.58 Å². The van der Waals surface area contributed by atoms with Gasteiger partial charge in [-0.1, -0.05) is 12.1 Å². The summed E-state index contributed by atoms with van der Waals surface area (Å²) in [4.78, 5) is 25.3. The van der Waals surface area contributed by atoms with Crippen LogP contribution in [0.25, 0.3) is 0 Å². The number of carbonyl (C=O) groups excluding carboxylic acids is 2. The van der Waals surface area contributed by atoms with Crippen LogP contribution in [0.2, 0.25) is 0 Å². The van der Waals surface area contributed by atoms with Gasteiger partial charge in [0.2, 0.25) is 0 Å². The highest BCUT2D eigenvalue weighted by molar-refractivity contribution is 6.52. The van der Waals surface area contributed by atoms with Crippen molar-refractivity contribution in [2.45, 2.75) is 20.3 Å². The van der Waals surface area contributed by atoms with Gasteiger partial charge in [-0.25, -0.2) is 0 Å². The number of nitrogens with zero attached hydrogens (tertiary/aromatic N) is 1. The Morgan fingerprint density at radius 3 is 2.65 bits per heavy atom. The van der Waals surface area contributed by atoms with Crippen LogP contribution >= 0.6 is 0 Å². The van der Waals surface area contributed by atoms with E-state index in [1.165, 1.54) is 0 Å². The van der Waals surface area contributed by atoms with Crippen LogP contribution in [0.5, 0.6) is 0 Å². The number of hydrogen-bond donors (Lipinski definition) is 0. The van der Waals surface area contributed by atoms with Crippen LogP contribution < -0.4 is 4.90 Å². The van der Waals surface area contributed by atoms with Gasteiger partial charge >= 0.3 is 0 Å². The molecule has 3 heteroatoms. The summed E-state index contributed by atoms with van der Waals surface area (Å²) in [5.74, 6) is -0.817. The predicted molar refractivity (Wildman–Crippen MR) is 67.4 cm³/mol. The van der Waals surface area contributed by atoms with Gasteiger partial charge in [-0.05, 0) is 37.5 Å². The summed E-state index contributed by atoms with van der Waals surface area (Å²) in [5, 5.41) is 0. The van der Waals surface area contributed by atoms with Crippen LogP contribution in [-0.4, -0.2) is 18.2 Å². The lowest BCUT2D eigenvalue weighted by atomic mass is 10.0. The van der Waals surface area contributed by atoms with E-state index in [-0.39, 0.29) is 0 Å². The minimum Gasteiger partial charge on any atom is -0.304 e. The molecule has 1 amide bonds. The van der Waals surface area contributed by atoms with E-state index in [1.54, 1.807) is 17.0 Å². The maximum absolute atomic E-state index is 11.9. The van der Waals surface area contributed by atoms with Crippen molar-refractivity contribution in [3.05, 3.63) is 41.5 Å². The van der Waals surface area contributed by atoms with Crippen molar-refractivity contribution in [3.8, 4) is 0 Å². The highest BCUT2D eigenvalue weighted by Gasteiger charge is 2.36. The lowest BCUT2D eigenvalue weighted by molar-refractivity contribution is -0.114. The molecule has 88 valence electrons. The molecule has 1 aromatic rings. The zero-order valence-electron chi connectivity index (χ0n) is 10.1. The molecule has 0 aliphatic carbocycles. The Kier molecular flexibility index (Phi) is 2.84. The quantitative estimate of drug-likeness (QED) is 0.589. The van der Waals surface area contributed by atoms with Gasteiger partial charge < -0.3 is 4.90 Å². The van der Waals surface area contributed by atoms with Crippen LogP contribution in [0, 0.1) is 13.8 Å². The van der Waals surface area contributed by atoms with Crippen LogP contribution in [-0.2, 0) is 4.79 Å². The van der Waals surface area contributed by atoms with Gasteiger partial charge in [0, 0.05) is 6.54 Å². The van der Waals surface area contributed by atoms with Crippen molar-refractivity contribution in [2.24, 2.45) is 0 Å². The number of rotatable bonds is 3. The Hall–Kier alpha value is -1.90. The summed E-state index contributed by atoms with van der Waals surface area (Å²) < 4.78 is 0. The Balaban J connectivity index is 2.53. The van der Waals surface area contributed by atoms with E-state index < -0.39 is 11.7 Å². The van der Waals surface area contributed by atoms with E-state index in [4.69, 9.17) is 0 Å². The normalized spacial score (nSPS) is 14.1. The fourth-order valence-corrected chi connectivity index (χ4v) is 2.11. The van der Waals surface area contributed by atoms with E-state index in [0.29, 0.717) is 18.5 Å². The minimum absolute atomic E-state index is 0.396. The van der Waals surface area contributed by atoms with Crippen LogP contribution in [0.4, 0.5) is 5.69 Å². The molecule has 0 spiro atoms. The van der Waals surface area contributed by atoms with Gasteiger partial charge in [0.15, 0.2) is 0 Å². The third-order valence-electron chi connectivity index (χ3n) is 3.21. The fraction of sp³-hybridized carbons (Fsp3) is 0.286. The highest BCUT2D eigenvalue weighted by atomic mass is 16.2. The molecule has 1 aliphatic heterocycles. The summed E-state index contributed by atoms with van der Waals surface area (Å²) in [6, 6.07) is 3.63. The van der Waals surface area contributed by atoms with Crippen LogP contribution in [0.15, 0.2) is 24.8 Å². The summed E-state index contributed by atoms with van der Waals surface area (Å²) in [5.41, 5.74) is 3.41. The summed E-state index contributed by atoms with van der Waals surface area (Å²) in [7, 11) is 0. The van der Waals surface area contributed by atoms with Crippen LogP contribution in [0.3, 0.4) is 0 Å². The Bertz CT molecular complexity index is 517. The SMILES string of the molecule is C=CCCN1C(=O)C(=O)c2ccc(C)c(C)c21. The average molecular weight is 229 g/mol. The lowest BCUT2D eigenvalue weighted by Crippen LogP contribution is -2.30. The lowest BCUT2D eigenvalue weighted by Gasteiger charge is -2.18. The zero-order valence-corrected chi connectivity index (χ0v) is 10.1. The monoisotopic (exact) mass is 229 g/mol. The number of hydrogen-bond acceptors (Lipinski definition) is 2. The molecule has 0 fully saturated rings. The fourth-order valence-electron chi connectivity index (χ4n) is 2.11. The molecule has 0 bridgehead atoms. The molecule has 0 aromatic heterocycles. The molecule has 1 aliphatic rings. The molecule has 2 rings (SSSR count). The van der Waals surface area contributed by atoms with Crippen LogP contribution in [0.1, 0.15) is 27.9 Å². The van der Waals surface area contributed by atoms with Crippen molar-refractivity contribution in [3.63, 3.8) is 0 Å². The number of ketones is 1. The molecule has 17 heavy (non-hydrogen) atoms. The zero-order chi connectivity index (χ0) is 12.6. The second kappa shape index (κ2) is 4.17. The topological polar surface area (TPSA) is 37.4 Å². The van der Waals surface area contributed by atoms with Crippen molar-refractivity contribution >= 4 is 17.4 Å². The maximum Gasteiger partial charge on any atom is 0.299 e. The molecule has 3 nitrogen and oxygen atoms in total. The van der Waals surface area contributed by atoms with E-state index in [9.17, 15) is 9.59 Å². The molecule has 0 saturated carbocycles. The molecule has 0 radical (unpaired) electrons. The molecule has 0 atom stereocenters.